The highest BCUT2D eigenvalue weighted by molar-refractivity contribution is 5.64. The predicted molar refractivity (Wildman–Crippen MR) is 69.6 cm³/mol. The highest BCUT2D eigenvalue weighted by Gasteiger charge is 2.08. The summed E-state index contributed by atoms with van der Waals surface area (Å²) in [6.07, 6.45) is -0.0995. The molecule has 17 heavy (non-hydrogen) atoms. The van der Waals surface area contributed by atoms with E-state index in [0.717, 1.165) is 6.42 Å². The molecule has 0 aliphatic rings. The normalized spacial score (nSPS) is 10.6. The summed E-state index contributed by atoms with van der Waals surface area (Å²) in [4.78, 5) is 12.0. The fourth-order valence-electron chi connectivity index (χ4n) is 1.70. The van der Waals surface area contributed by atoms with Gasteiger partial charge in [-0.15, -0.1) is 0 Å². The van der Waals surface area contributed by atoms with Crippen molar-refractivity contribution < 1.29 is 9.90 Å². The quantitative estimate of drug-likeness (QED) is 0.870. The molecular weight excluding hydrogens is 214 g/mol. The highest BCUT2D eigenvalue weighted by atomic mass is 16.4. The minimum atomic E-state index is -0.873. The number of carbonyl (C=O) groups is 1. The Morgan fingerprint density at radius 3 is 2.59 bits per heavy atom. The minimum Gasteiger partial charge on any atom is -0.465 e. The fraction of sp³-hybridized carbons (Fsp3) is 0.500. The van der Waals surface area contributed by atoms with E-state index in [9.17, 15) is 4.79 Å². The molecule has 3 nitrogen and oxygen atoms in total. The van der Waals surface area contributed by atoms with Crippen molar-refractivity contribution in [1.29, 1.82) is 0 Å². The van der Waals surface area contributed by atoms with Gasteiger partial charge in [-0.25, -0.2) is 4.79 Å². The number of benzene rings is 1. The van der Waals surface area contributed by atoms with E-state index in [1.807, 2.05) is 0 Å². The van der Waals surface area contributed by atoms with Gasteiger partial charge in [0.15, 0.2) is 0 Å². The maximum Gasteiger partial charge on any atom is 0.407 e. The van der Waals surface area contributed by atoms with Crippen LogP contribution in [0.5, 0.6) is 0 Å². The summed E-state index contributed by atoms with van der Waals surface area (Å²) in [6, 6.07) is 6.45. The van der Waals surface area contributed by atoms with Gasteiger partial charge in [-0.2, -0.15) is 0 Å². The lowest BCUT2D eigenvalue weighted by Gasteiger charge is -2.15. The van der Waals surface area contributed by atoms with Gasteiger partial charge in [0.1, 0.15) is 0 Å². The molecule has 0 spiro atoms. The van der Waals surface area contributed by atoms with E-state index < -0.39 is 6.09 Å². The lowest BCUT2D eigenvalue weighted by Crippen LogP contribution is -2.27. The average Bonchev–Trinajstić information content (AvgIpc) is 2.26. The van der Waals surface area contributed by atoms with Crippen LogP contribution in [-0.4, -0.2) is 29.7 Å². The lowest BCUT2D eigenvalue weighted by molar-refractivity contribution is 0.156. The summed E-state index contributed by atoms with van der Waals surface area (Å²) in [5, 5.41) is 8.80. The van der Waals surface area contributed by atoms with Crippen LogP contribution < -0.4 is 0 Å². The molecule has 1 aromatic carbocycles. The molecule has 0 saturated heterocycles. The Morgan fingerprint density at radius 2 is 2.06 bits per heavy atom. The molecule has 1 rings (SSSR count). The van der Waals surface area contributed by atoms with Crippen molar-refractivity contribution in [2.24, 2.45) is 0 Å². The molecule has 1 aromatic rings. The number of aryl methyl sites for hydroxylation is 1. The number of amides is 1. The summed E-state index contributed by atoms with van der Waals surface area (Å²) >= 11 is 0. The van der Waals surface area contributed by atoms with E-state index in [0.29, 0.717) is 12.5 Å². The first kappa shape index (κ1) is 13.6. The van der Waals surface area contributed by atoms with E-state index in [1.165, 1.54) is 21.6 Å². The van der Waals surface area contributed by atoms with E-state index >= 15 is 0 Å². The molecule has 0 saturated carbocycles. The smallest absolute Gasteiger partial charge is 0.407 e. The summed E-state index contributed by atoms with van der Waals surface area (Å²) in [5.74, 6) is 0.506. The zero-order valence-electron chi connectivity index (χ0n) is 11.0. The molecule has 0 unspecified atom stereocenters. The SMILES string of the molecule is Cc1ccc(C(C)C)cc1CCN(C)C(=O)O. The number of carboxylic acid groups (broad SMARTS) is 1. The van der Waals surface area contributed by atoms with Gasteiger partial charge in [-0.1, -0.05) is 32.0 Å². The van der Waals surface area contributed by atoms with Gasteiger partial charge in [0.05, 0.1) is 0 Å². The second kappa shape index (κ2) is 5.71. The average molecular weight is 235 g/mol. The Balaban J connectivity index is 2.76. The van der Waals surface area contributed by atoms with Gasteiger partial charge in [-0.3, -0.25) is 0 Å². The van der Waals surface area contributed by atoms with E-state index in [2.05, 4.69) is 39.0 Å². The van der Waals surface area contributed by atoms with Crippen LogP contribution in [0.4, 0.5) is 4.79 Å². The van der Waals surface area contributed by atoms with Gasteiger partial charge in [0, 0.05) is 13.6 Å². The van der Waals surface area contributed by atoms with Crippen LogP contribution in [0.2, 0.25) is 0 Å². The highest BCUT2D eigenvalue weighted by Crippen LogP contribution is 2.19. The predicted octanol–water partition coefficient (Wildman–Crippen LogP) is 3.27. The molecule has 0 aromatic heterocycles. The maximum atomic E-state index is 10.7. The summed E-state index contributed by atoms with van der Waals surface area (Å²) in [5.41, 5.74) is 3.78. The molecule has 0 fully saturated rings. The van der Waals surface area contributed by atoms with E-state index in [1.54, 1.807) is 7.05 Å². The maximum absolute atomic E-state index is 10.7. The van der Waals surface area contributed by atoms with Crippen molar-refractivity contribution in [2.75, 3.05) is 13.6 Å². The summed E-state index contributed by atoms with van der Waals surface area (Å²) in [7, 11) is 1.60. The van der Waals surface area contributed by atoms with Gasteiger partial charge >= 0.3 is 6.09 Å². The van der Waals surface area contributed by atoms with Gasteiger partial charge in [-0.05, 0) is 36.0 Å². The van der Waals surface area contributed by atoms with Crippen LogP contribution >= 0.6 is 0 Å². The Kier molecular flexibility index (Phi) is 4.55. The topological polar surface area (TPSA) is 40.5 Å². The molecule has 0 radical (unpaired) electrons. The van der Waals surface area contributed by atoms with Crippen molar-refractivity contribution in [3.63, 3.8) is 0 Å². The molecule has 1 amide bonds. The van der Waals surface area contributed by atoms with Crippen LogP contribution in [0.3, 0.4) is 0 Å². The standard InChI is InChI=1S/C14H21NO2/c1-10(2)12-6-5-11(3)13(9-12)7-8-15(4)14(16)17/h5-6,9-10H,7-8H2,1-4H3,(H,16,17). The van der Waals surface area contributed by atoms with Crippen LogP contribution in [0.25, 0.3) is 0 Å². The lowest BCUT2D eigenvalue weighted by atomic mass is 9.96. The molecule has 0 aliphatic heterocycles. The third-order valence-corrected chi connectivity index (χ3v) is 3.08. The second-order valence-electron chi connectivity index (χ2n) is 4.79. The molecular formula is C14H21NO2. The molecule has 94 valence electrons. The number of nitrogens with zero attached hydrogens (tertiary/aromatic N) is 1. The van der Waals surface area contributed by atoms with Crippen LogP contribution in [0.1, 0.15) is 36.5 Å². The van der Waals surface area contributed by atoms with E-state index in [4.69, 9.17) is 5.11 Å². The number of hydrogen-bond acceptors (Lipinski definition) is 1. The van der Waals surface area contributed by atoms with Gasteiger partial charge < -0.3 is 10.0 Å². The number of likely N-dealkylation sites (N-methyl/N-ethyl adjacent to an activating group) is 1. The summed E-state index contributed by atoms with van der Waals surface area (Å²) in [6.45, 7) is 6.94. The van der Waals surface area contributed by atoms with Crippen molar-refractivity contribution >= 4 is 6.09 Å². The first-order valence-electron chi connectivity index (χ1n) is 5.95. The molecule has 1 N–H and O–H groups in total. The monoisotopic (exact) mass is 235 g/mol. The Labute approximate surface area is 103 Å². The third-order valence-electron chi connectivity index (χ3n) is 3.08. The van der Waals surface area contributed by atoms with Crippen molar-refractivity contribution in [3.8, 4) is 0 Å². The van der Waals surface area contributed by atoms with E-state index in [-0.39, 0.29) is 0 Å². The Morgan fingerprint density at radius 1 is 1.41 bits per heavy atom. The van der Waals surface area contributed by atoms with Crippen molar-refractivity contribution in [3.05, 3.63) is 34.9 Å². The number of hydrogen-bond donors (Lipinski definition) is 1. The number of rotatable bonds is 4. The van der Waals surface area contributed by atoms with Gasteiger partial charge in [0.25, 0.3) is 0 Å². The first-order valence-corrected chi connectivity index (χ1v) is 5.95. The second-order valence-corrected chi connectivity index (χ2v) is 4.79. The minimum absolute atomic E-state index is 0.506. The van der Waals surface area contributed by atoms with Crippen LogP contribution in [0.15, 0.2) is 18.2 Å². The zero-order valence-corrected chi connectivity index (χ0v) is 11.0. The fourth-order valence-corrected chi connectivity index (χ4v) is 1.70. The van der Waals surface area contributed by atoms with Crippen molar-refractivity contribution in [2.45, 2.75) is 33.1 Å². The first-order chi connectivity index (χ1) is 7.91. The van der Waals surface area contributed by atoms with Gasteiger partial charge in [0.2, 0.25) is 0 Å². The molecule has 0 atom stereocenters. The Bertz CT molecular complexity index is 399. The van der Waals surface area contributed by atoms with Crippen LogP contribution in [0, 0.1) is 6.92 Å². The molecule has 0 aliphatic carbocycles. The van der Waals surface area contributed by atoms with Crippen LogP contribution in [-0.2, 0) is 6.42 Å². The molecule has 0 heterocycles. The Hall–Kier alpha value is -1.51. The van der Waals surface area contributed by atoms with Crippen molar-refractivity contribution in [1.82, 2.24) is 4.90 Å². The summed E-state index contributed by atoms with van der Waals surface area (Å²) < 4.78 is 0. The third kappa shape index (κ3) is 3.77. The molecule has 3 heteroatoms. The zero-order chi connectivity index (χ0) is 13.0. The molecule has 0 bridgehead atoms. The largest absolute Gasteiger partial charge is 0.465 e.